The van der Waals surface area contributed by atoms with Crippen molar-refractivity contribution in [3.05, 3.63) is 84.8 Å². The van der Waals surface area contributed by atoms with Gasteiger partial charge in [-0.2, -0.15) is 0 Å². The second kappa shape index (κ2) is 9.53. The highest BCUT2D eigenvalue weighted by Crippen LogP contribution is 2.23. The SMILES string of the molecule is COc1ccc(S(=O)(=O)Nc2ccc(Nc3cc(Nc4cc(C)ccn4)ncn3)cc2)cc1. The van der Waals surface area contributed by atoms with Gasteiger partial charge in [-0.15, -0.1) is 0 Å². The van der Waals surface area contributed by atoms with Gasteiger partial charge in [0.1, 0.15) is 29.5 Å². The Kier molecular flexibility index (Phi) is 6.36. The summed E-state index contributed by atoms with van der Waals surface area (Å²) in [5, 5.41) is 6.31. The summed E-state index contributed by atoms with van der Waals surface area (Å²) in [4.78, 5) is 12.8. The van der Waals surface area contributed by atoms with Crippen LogP contribution >= 0.6 is 0 Å². The van der Waals surface area contributed by atoms with Gasteiger partial charge < -0.3 is 15.4 Å². The fourth-order valence-corrected chi connectivity index (χ4v) is 4.03. The van der Waals surface area contributed by atoms with Crippen LogP contribution in [-0.2, 0) is 10.0 Å². The first-order valence-electron chi connectivity index (χ1n) is 9.97. The number of nitrogens with zero attached hydrogens (tertiary/aromatic N) is 3. The highest BCUT2D eigenvalue weighted by molar-refractivity contribution is 7.92. The number of hydrogen-bond donors (Lipinski definition) is 3. The number of aromatic nitrogens is 3. The van der Waals surface area contributed by atoms with Gasteiger partial charge in [0.2, 0.25) is 0 Å². The van der Waals surface area contributed by atoms with E-state index in [1.54, 1.807) is 48.7 Å². The fraction of sp³-hybridized carbons (Fsp3) is 0.0870. The van der Waals surface area contributed by atoms with Crippen molar-refractivity contribution in [1.29, 1.82) is 0 Å². The maximum atomic E-state index is 12.6. The third-order valence-electron chi connectivity index (χ3n) is 4.62. The van der Waals surface area contributed by atoms with Gasteiger partial charge in [-0.1, -0.05) is 0 Å². The van der Waals surface area contributed by atoms with Crippen LogP contribution in [0.2, 0.25) is 0 Å². The Morgan fingerprint density at radius 3 is 2.06 bits per heavy atom. The molecule has 0 aliphatic carbocycles. The minimum Gasteiger partial charge on any atom is -0.497 e. The van der Waals surface area contributed by atoms with Crippen LogP contribution in [0.1, 0.15) is 5.56 Å². The molecular weight excluding hydrogens is 440 g/mol. The lowest BCUT2D eigenvalue weighted by Gasteiger charge is -2.11. The Bertz CT molecular complexity index is 1340. The predicted molar refractivity (Wildman–Crippen MR) is 128 cm³/mol. The highest BCUT2D eigenvalue weighted by atomic mass is 32.2. The lowest BCUT2D eigenvalue weighted by molar-refractivity contribution is 0.414. The molecule has 0 spiro atoms. The van der Waals surface area contributed by atoms with Gasteiger partial charge in [-0.3, -0.25) is 4.72 Å². The molecule has 2 aromatic heterocycles. The van der Waals surface area contributed by atoms with E-state index in [-0.39, 0.29) is 4.90 Å². The molecule has 2 heterocycles. The maximum Gasteiger partial charge on any atom is 0.261 e. The average molecular weight is 463 g/mol. The quantitative estimate of drug-likeness (QED) is 0.351. The number of methoxy groups -OCH3 is 1. The van der Waals surface area contributed by atoms with Crippen molar-refractivity contribution in [2.45, 2.75) is 11.8 Å². The molecule has 4 aromatic rings. The van der Waals surface area contributed by atoms with Crippen molar-refractivity contribution >= 4 is 38.9 Å². The zero-order valence-corrected chi connectivity index (χ0v) is 18.8. The lowest BCUT2D eigenvalue weighted by Crippen LogP contribution is -2.12. The van der Waals surface area contributed by atoms with E-state index in [1.165, 1.54) is 25.6 Å². The van der Waals surface area contributed by atoms with E-state index in [0.717, 1.165) is 11.3 Å². The van der Waals surface area contributed by atoms with Gasteiger partial charge in [0.25, 0.3) is 10.0 Å². The monoisotopic (exact) mass is 462 g/mol. The van der Waals surface area contributed by atoms with Gasteiger partial charge in [0.15, 0.2) is 0 Å². The molecule has 0 amide bonds. The molecule has 2 aromatic carbocycles. The van der Waals surface area contributed by atoms with Crippen molar-refractivity contribution in [1.82, 2.24) is 15.0 Å². The van der Waals surface area contributed by atoms with E-state index in [2.05, 4.69) is 30.3 Å². The molecule has 0 saturated heterocycles. The molecule has 168 valence electrons. The zero-order valence-electron chi connectivity index (χ0n) is 18.0. The lowest BCUT2D eigenvalue weighted by atomic mass is 10.3. The number of pyridine rings is 1. The summed E-state index contributed by atoms with van der Waals surface area (Å²) in [7, 11) is -2.18. The molecule has 4 rings (SSSR count). The van der Waals surface area contributed by atoms with E-state index < -0.39 is 10.0 Å². The molecule has 0 unspecified atom stereocenters. The number of ether oxygens (including phenoxy) is 1. The Morgan fingerprint density at radius 1 is 0.758 bits per heavy atom. The molecule has 0 aliphatic heterocycles. The number of rotatable bonds is 8. The second-order valence-corrected chi connectivity index (χ2v) is 8.80. The molecule has 9 nitrogen and oxygen atoms in total. The van der Waals surface area contributed by atoms with Crippen LogP contribution in [0.5, 0.6) is 5.75 Å². The van der Waals surface area contributed by atoms with Gasteiger partial charge in [-0.25, -0.2) is 23.4 Å². The summed E-state index contributed by atoms with van der Waals surface area (Å²) in [5.41, 5.74) is 2.26. The van der Waals surface area contributed by atoms with Crippen molar-refractivity contribution in [3.8, 4) is 5.75 Å². The number of anilines is 5. The summed E-state index contributed by atoms with van der Waals surface area (Å²) in [6.45, 7) is 1.99. The van der Waals surface area contributed by atoms with Crippen molar-refractivity contribution in [2.75, 3.05) is 22.5 Å². The number of nitrogens with one attached hydrogen (secondary N) is 3. The van der Waals surface area contributed by atoms with Crippen LogP contribution in [0.3, 0.4) is 0 Å². The van der Waals surface area contributed by atoms with Crippen molar-refractivity contribution < 1.29 is 13.2 Å². The molecular formula is C23H22N6O3S. The van der Waals surface area contributed by atoms with E-state index in [0.29, 0.717) is 28.9 Å². The molecule has 33 heavy (non-hydrogen) atoms. The Labute approximate surface area is 192 Å². The van der Waals surface area contributed by atoms with Crippen LogP contribution in [0.25, 0.3) is 0 Å². The Balaban J connectivity index is 1.42. The number of benzene rings is 2. The van der Waals surface area contributed by atoms with Crippen LogP contribution < -0.4 is 20.1 Å². The summed E-state index contributed by atoms with van der Waals surface area (Å²) >= 11 is 0. The van der Waals surface area contributed by atoms with Crippen molar-refractivity contribution in [2.24, 2.45) is 0 Å². The molecule has 10 heteroatoms. The molecule has 0 atom stereocenters. The highest BCUT2D eigenvalue weighted by Gasteiger charge is 2.14. The second-order valence-electron chi connectivity index (χ2n) is 7.12. The molecule has 0 radical (unpaired) electrons. The first-order valence-corrected chi connectivity index (χ1v) is 11.5. The van der Waals surface area contributed by atoms with Crippen LogP contribution in [-0.4, -0.2) is 30.5 Å². The number of sulfonamides is 1. The van der Waals surface area contributed by atoms with Gasteiger partial charge in [0, 0.05) is 23.6 Å². The third-order valence-corrected chi connectivity index (χ3v) is 6.02. The van der Waals surface area contributed by atoms with Crippen LogP contribution in [0.4, 0.5) is 28.8 Å². The number of aryl methyl sites for hydroxylation is 1. The van der Waals surface area contributed by atoms with E-state index in [9.17, 15) is 8.42 Å². The average Bonchev–Trinajstić information content (AvgIpc) is 2.80. The standard InChI is InChI=1S/C23H22N6O3S/c1-16-11-12-24-21(13-16)28-23-14-22(25-15-26-23)27-17-3-5-18(6-4-17)29-33(30,31)20-9-7-19(32-2)8-10-20/h3-15,29H,1-2H3,(H2,24,25,26,27,28). The summed E-state index contributed by atoms with van der Waals surface area (Å²) < 4.78 is 32.8. The Morgan fingerprint density at radius 2 is 1.39 bits per heavy atom. The van der Waals surface area contributed by atoms with Crippen molar-refractivity contribution in [3.63, 3.8) is 0 Å². The van der Waals surface area contributed by atoms with Crippen LogP contribution in [0.15, 0.2) is 84.1 Å². The Hall–Kier alpha value is -4.18. The normalized spacial score (nSPS) is 11.0. The molecule has 0 saturated carbocycles. The topological polar surface area (TPSA) is 118 Å². The fourth-order valence-electron chi connectivity index (χ4n) is 2.97. The minimum atomic E-state index is -3.71. The summed E-state index contributed by atoms with van der Waals surface area (Å²) in [5.74, 6) is 2.44. The number of hydrogen-bond acceptors (Lipinski definition) is 8. The van der Waals surface area contributed by atoms with Gasteiger partial charge in [-0.05, 0) is 73.2 Å². The molecule has 0 bridgehead atoms. The zero-order chi connectivity index (χ0) is 23.3. The molecule has 0 aliphatic rings. The van der Waals surface area contributed by atoms with Gasteiger partial charge >= 0.3 is 0 Å². The summed E-state index contributed by atoms with van der Waals surface area (Å²) in [6.07, 6.45) is 3.17. The maximum absolute atomic E-state index is 12.6. The predicted octanol–water partition coefficient (Wildman–Crippen LogP) is 4.48. The molecule has 0 fully saturated rings. The van der Waals surface area contributed by atoms with Crippen LogP contribution in [0, 0.1) is 6.92 Å². The van der Waals surface area contributed by atoms with E-state index in [4.69, 9.17) is 4.74 Å². The first kappa shape index (κ1) is 22.0. The van der Waals surface area contributed by atoms with E-state index >= 15 is 0 Å². The van der Waals surface area contributed by atoms with Gasteiger partial charge in [0.05, 0.1) is 12.0 Å². The smallest absolute Gasteiger partial charge is 0.261 e. The molecule has 3 N–H and O–H groups in total. The first-order chi connectivity index (χ1) is 15.9. The minimum absolute atomic E-state index is 0.148. The third kappa shape index (κ3) is 5.74. The van der Waals surface area contributed by atoms with E-state index in [1.807, 2.05) is 19.1 Å². The largest absolute Gasteiger partial charge is 0.497 e. The summed E-state index contributed by atoms with van der Waals surface area (Å²) in [6, 6.07) is 18.6.